The Morgan fingerprint density at radius 2 is 1.86 bits per heavy atom. The van der Waals surface area contributed by atoms with E-state index in [1.165, 1.54) is 6.42 Å². The van der Waals surface area contributed by atoms with Gasteiger partial charge in [-0.1, -0.05) is 35.2 Å². The smallest absolute Gasteiger partial charge is 0.245 e. The Labute approximate surface area is 216 Å². The molecular formula is C27H37BrN4O3. The van der Waals surface area contributed by atoms with E-state index in [1.54, 1.807) is 14.0 Å². The molecule has 2 amide bonds. The molecule has 2 N–H and O–H groups in total. The number of carbonyl (C=O) groups excluding carboxylic acids is 3. The molecule has 35 heavy (non-hydrogen) atoms. The Kier molecular flexibility index (Phi) is 8.32. The van der Waals surface area contributed by atoms with Crippen LogP contribution in [0.2, 0.25) is 0 Å². The number of likely N-dealkylation sites (N-methyl/N-ethyl adjacent to an activating group) is 1. The summed E-state index contributed by atoms with van der Waals surface area (Å²) in [6.07, 6.45) is 9.14. The first kappa shape index (κ1) is 25.9. The molecule has 7 nitrogen and oxygen atoms in total. The number of fused-ring (bicyclic) bond motifs is 1. The molecule has 2 aromatic rings. The van der Waals surface area contributed by atoms with Crippen molar-refractivity contribution in [1.82, 2.24) is 20.1 Å². The molecule has 3 atom stereocenters. The van der Waals surface area contributed by atoms with E-state index in [0.717, 1.165) is 53.9 Å². The van der Waals surface area contributed by atoms with Gasteiger partial charge in [0.1, 0.15) is 6.04 Å². The van der Waals surface area contributed by atoms with Crippen LogP contribution in [-0.2, 0) is 16.1 Å². The minimum Gasteiger partial charge on any atom is -0.345 e. The highest BCUT2D eigenvalue weighted by molar-refractivity contribution is 9.10. The maximum absolute atomic E-state index is 13.9. The van der Waals surface area contributed by atoms with Gasteiger partial charge >= 0.3 is 0 Å². The van der Waals surface area contributed by atoms with Crippen LogP contribution in [0.15, 0.2) is 28.9 Å². The van der Waals surface area contributed by atoms with Gasteiger partial charge in [-0.2, -0.15) is 0 Å². The van der Waals surface area contributed by atoms with E-state index in [0.29, 0.717) is 18.7 Å². The van der Waals surface area contributed by atoms with E-state index in [2.05, 4.69) is 31.1 Å². The van der Waals surface area contributed by atoms with Gasteiger partial charge in [0.15, 0.2) is 5.78 Å². The zero-order valence-electron chi connectivity index (χ0n) is 21.0. The molecule has 1 aromatic carbocycles. The van der Waals surface area contributed by atoms with Crippen LogP contribution >= 0.6 is 15.9 Å². The Hall–Kier alpha value is -2.19. The number of carbonyl (C=O) groups is 3. The van der Waals surface area contributed by atoms with Crippen LogP contribution in [0, 0.1) is 5.92 Å². The number of likely N-dealkylation sites (tertiary alicyclic amines) is 1. The molecule has 2 aliphatic rings. The summed E-state index contributed by atoms with van der Waals surface area (Å²) in [5, 5.41) is 7.02. The molecular weight excluding hydrogens is 508 g/mol. The number of benzene rings is 1. The number of Topliss-reactive ketones (excluding diaryl/α,β-unsaturated/α-hetero) is 1. The molecule has 0 bridgehead atoms. The van der Waals surface area contributed by atoms with Crippen molar-refractivity contribution in [1.29, 1.82) is 0 Å². The van der Waals surface area contributed by atoms with Gasteiger partial charge < -0.3 is 20.1 Å². The van der Waals surface area contributed by atoms with Crippen molar-refractivity contribution in [3.8, 4) is 0 Å². The van der Waals surface area contributed by atoms with Crippen molar-refractivity contribution in [2.45, 2.75) is 83.5 Å². The molecule has 1 saturated heterocycles. The van der Waals surface area contributed by atoms with E-state index in [-0.39, 0.29) is 35.6 Å². The lowest BCUT2D eigenvalue weighted by atomic mass is 9.83. The summed E-state index contributed by atoms with van der Waals surface area (Å²) in [6, 6.07) is 5.20. The summed E-state index contributed by atoms with van der Waals surface area (Å²) in [6.45, 7) is 4.75. The molecule has 190 valence electrons. The molecule has 1 aliphatic carbocycles. The molecule has 1 aliphatic heterocycles. The lowest BCUT2D eigenvalue weighted by molar-refractivity contribution is -0.139. The lowest BCUT2D eigenvalue weighted by Gasteiger charge is -2.35. The zero-order chi connectivity index (χ0) is 25.1. The number of aromatic nitrogens is 1. The summed E-state index contributed by atoms with van der Waals surface area (Å²) in [7, 11) is 1.76. The van der Waals surface area contributed by atoms with Crippen molar-refractivity contribution in [2.75, 3.05) is 13.6 Å². The number of hydrogen-bond donors (Lipinski definition) is 2. The second kappa shape index (κ2) is 11.2. The summed E-state index contributed by atoms with van der Waals surface area (Å²) < 4.78 is 3.05. The van der Waals surface area contributed by atoms with Crippen molar-refractivity contribution in [3.63, 3.8) is 0 Å². The lowest BCUT2D eigenvalue weighted by Crippen LogP contribution is -2.56. The first-order chi connectivity index (χ1) is 16.8. The van der Waals surface area contributed by atoms with E-state index in [4.69, 9.17) is 0 Å². The summed E-state index contributed by atoms with van der Waals surface area (Å²) in [4.78, 5) is 41.0. The number of rotatable bonds is 8. The fourth-order valence-corrected chi connectivity index (χ4v) is 6.04. The van der Waals surface area contributed by atoms with E-state index >= 15 is 0 Å². The second-order valence-corrected chi connectivity index (χ2v) is 11.1. The van der Waals surface area contributed by atoms with Crippen molar-refractivity contribution in [2.24, 2.45) is 5.92 Å². The van der Waals surface area contributed by atoms with Crippen molar-refractivity contribution >= 4 is 44.4 Å². The molecule has 2 fully saturated rings. The van der Waals surface area contributed by atoms with Gasteiger partial charge in [0.05, 0.1) is 6.04 Å². The standard InChI is InChI=1S/C27H37BrN4O3/c1-17(29-3)26(34)30-25(19-8-5-4-6-9-19)27(35)32-13-7-10-21(32)15-31-16-23(18(2)33)22-14-20(28)11-12-24(22)31/h11-12,14,16-17,19,21,25,29H,4-10,13,15H2,1-3H3,(H,30,34)/t17-,21-,25-/m0/s1. The van der Waals surface area contributed by atoms with Gasteiger partial charge in [-0.15, -0.1) is 0 Å². The van der Waals surface area contributed by atoms with Crippen LogP contribution in [0.4, 0.5) is 0 Å². The largest absolute Gasteiger partial charge is 0.345 e. The van der Waals surface area contributed by atoms with Crippen LogP contribution in [0.3, 0.4) is 0 Å². The van der Waals surface area contributed by atoms with Gasteiger partial charge in [-0.3, -0.25) is 14.4 Å². The molecule has 1 saturated carbocycles. The Morgan fingerprint density at radius 1 is 1.11 bits per heavy atom. The Morgan fingerprint density at radius 3 is 2.54 bits per heavy atom. The third kappa shape index (κ3) is 5.64. The minimum atomic E-state index is -0.482. The average molecular weight is 546 g/mol. The number of amides is 2. The van der Waals surface area contributed by atoms with E-state index in [9.17, 15) is 14.4 Å². The van der Waals surface area contributed by atoms with Gasteiger partial charge in [-0.05, 0) is 70.7 Å². The SMILES string of the molecule is CN[C@@H](C)C(=O)N[C@H](C(=O)N1CCC[C@H]1Cn1cc(C(C)=O)c2cc(Br)ccc21)C1CCCCC1. The second-order valence-electron chi connectivity index (χ2n) is 10.1. The summed E-state index contributed by atoms with van der Waals surface area (Å²) in [5.41, 5.74) is 1.70. The molecule has 0 spiro atoms. The highest BCUT2D eigenvalue weighted by atomic mass is 79.9. The molecule has 2 heterocycles. The number of ketones is 1. The number of halogens is 1. The van der Waals surface area contributed by atoms with Crippen LogP contribution in [0.25, 0.3) is 10.9 Å². The number of hydrogen-bond acceptors (Lipinski definition) is 4. The predicted octanol–water partition coefficient (Wildman–Crippen LogP) is 4.27. The van der Waals surface area contributed by atoms with Crippen molar-refractivity contribution < 1.29 is 14.4 Å². The van der Waals surface area contributed by atoms with Crippen molar-refractivity contribution in [3.05, 3.63) is 34.4 Å². The topological polar surface area (TPSA) is 83.4 Å². The molecule has 0 unspecified atom stereocenters. The number of nitrogens with one attached hydrogen (secondary N) is 2. The number of nitrogens with zero attached hydrogens (tertiary/aromatic N) is 2. The maximum Gasteiger partial charge on any atom is 0.245 e. The predicted molar refractivity (Wildman–Crippen MR) is 141 cm³/mol. The van der Waals surface area contributed by atoms with Crippen LogP contribution in [0.5, 0.6) is 0 Å². The van der Waals surface area contributed by atoms with E-state index in [1.807, 2.05) is 36.2 Å². The van der Waals surface area contributed by atoms with Gasteiger partial charge in [0.25, 0.3) is 0 Å². The third-order valence-corrected chi connectivity index (χ3v) is 8.29. The molecule has 8 heteroatoms. The third-order valence-electron chi connectivity index (χ3n) is 7.80. The van der Waals surface area contributed by atoms with Gasteiger partial charge in [0, 0.05) is 46.3 Å². The normalized spacial score (nSPS) is 20.7. The van der Waals surface area contributed by atoms with Crippen LogP contribution in [-0.4, -0.2) is 58.8 Å². The maximum atomic E-state index is 13.9. The fraction of sp³-hybridized carbons (Fsp3) is 0.593. The van der Waals surface area contributed by atoms with Gasteiger partial charge in [0.2, 0.25) is 11.8 Å². The highest BCUT2D eigenvalue weighted by Gasteiger charge is 2.38. The monoisotopic (exact) mass is 544 g/mol. The first-order valence-corrected chi connectivity index (χ1v) is 13.7. The van der Waals surface area contributed by atoms with Crippen LogP contribution < -0.4 is 10.6 Å². The molecule has 4 rings (SSSR count). The van der Waals surface area contributed by atoms with Crippen LogP contribution in [0.1, 0.15) is 69.2 Å². The Bertz CT molecular complexity index is 1090. The zero-order valence-corrected chi connectivity index (χ0v) is 22.6. The Balaban J connectivity index is 1.58. The molecule has 0 radical (unpaired) electrons. The van der Waals surface area contributed by atoms with Gasteiger partial charge in [-0.25, -0.2) is 0 Å². The summed E-state index contributed by atoms with van der Waals surface area (Å²) >= 11 is 3.52. The average Bonchev–Trinajstić information content (AvgIpc) is 3.46. The molecule has 1 aromatic heterocycles. The minimum absolute atomic E-state index is 0.0323. The highest BCUT2D eigenvalue weighted by Crippen LogP contribution is 2.31. The quantitative estimate of drug-likeness (QED) is 0.486. The summed E-state index contributed by atoms with van der Waals surface area (Å²) in [5.74, 6) is 0.131. The van der Waals surface area contributed by atoms with E-state index < -0.39 is 6.04 Å². The first-order valence-electron chi connectivity index (χ1n) is 12.9. The fourth-order valence-electron chi connectivity index (χ4n) is 5.68.